The van der Waals surface area contributed by atoms with Gasteiger partial charge in [-0.1, -0.05) is 20.8 Å². The van der Waals surface area contributed by atoms with Crippen molar-refractivity contribution in [2.75, 3.05) is 12.4 Å². The monoisotopic (exact) mass is 603 g/mol. The average molecular weight is 605 g/mol. The molecule has 0 spiro atoms. The molecule has 0 aliphatic carbocycles. The number of aromatic nitrogens is 2. The topological polar surface area (TPSA) is 81.9 Å². The molecule has 10 heteroatoms. The Bertz CT molecular complexity index is 1580. The number of methoxy groups -OCH3 is 1. The van der Waals surface area contributed by atoms with E-state index in [1.54, 1.807) is 12.1 Å². The molecule has 0 amide bonds. The molecule has 0 aliphatic heterocycles. The summed E-state index contributed by atoms with van der Waals surface area (Å²) in [6, 6.07) is 13.2. The molecule has 2 aromatic heterocycles. The van der Waals surface area contributed by atoms with Crippen LogP contribution in [0.4, 0.5) is 10.2 Å². The number of ether oxygens (including phenoxy) is 1. The second-order valence-corrected chi connectivity index (χ2v) is 13.4. The van der Waals surface area contributed by atoms with Crippen LogP contribution in [0.3, 0.4) is 0 Å². The lowest BCUT2D eigenvalue weighted by Crippen LogP contribution is -2.36. The minimum absolute atomic E-state index is 0.00894. The molecular formula is C28H31BrFN3O4S. The van der Waals surface area contributed by atoms with Crippen LogP contribution in [0.1, 0.15) is 41.0 Å². The van der Waals surface area contributed by atoms with Crippen molar-refractivity contribution in [3.63, 3.8) is 0 Å². The first-order chi connectivity index (χ1) is 17.7. The van der Waals surface area contributed by atoms with Crippen molar-refractivity contribution in [3.05, 3.63) is 71.1 Å². The average Bonchev–Trinajstić information content (AvgIpc) is 3.14. The summed E-state index contributed by atoms with van der Waals surface area (Å²) in [6.07, 6.45) is 2.85. The standard InChI is InChI=1S/C28H31BrFN3O4S/c1-27(2,3)17-28(4,5)32-26-25(31-24-14-8-19(29)16-33(24)26)18-7-13-22(23(15-18)36-6)37-38(34,35)21-11-9-20(30)10-12-21/h7-16,32H,17H2,1-6H3. The second kappa shape index (κ2) is 10.2. The minimum atomic E-state index is -4.20. The third kappa shape index (κ3) is 6.30. The van der Waals surface area contributed by atoms with Crippen LogP contribution in [0.2, 0.25) is 0 Å². The zero-order valence-electron chi connectivity index (χ0n) is 22.2. The quantitative estimate of drug-likeness (QED) is 0.213. The van der Waals surface area contributed by atoms with Gasteiger partial charge in [0.15, 0.2) is 11.5 Å². The lowest BCUT2D eigenvalue weighted by atomic mass is 9.82. The van der Waals surface area contributed by atoms with E-state index < -0.39 is 15.9 Å². The van der Waals surface area contributed by atoms with Crippen LogP contribution in [-0.4, -0.2) is 30.5 Å². The first-order valence-electron chi connectivity index (χ1n) is 12.0. The summed E-state index contributed by atoms with van der Waals surface area (Å²) in [5, 5.41) is 3.69. The molecule has 2 aromatic carbocycles. The molecule has 7 nitrogen and oxygen atoms in total. The van der Waals surface area contributed by atoms with Crippen LogP contribution in [0.15, 0.2) is 70.2 Å². The maximum absolute atomic E-state index is 13.3. The van der Waals surface area contributed by atoms with Gasteiger partial charge in [-0.3, -0.25) is 4.40 Å². The van der Waals surface area contributed by atoms with Gasteiger partial charge in [-0.05, 0) is 96.2 Å². The highest BCUT2D eigenvalue weighted by Gasteiger charge is 2.28. The number of nitrogens with zero attached hydrogens (tertiary/aromatic N) is 2. The van der Waals surface area contributed by atoms with Crippen LogP contribution in [0.5, 0.6) is 11.5 Å². The molecule has 0 atom stereocenters. The Kier molecular flexibility index (Phi) is 7.51. The Morgan fingerprint density at radius 3 is 2.32 bits per heavy atom. The van der Waals surface area contributed by atoms with Gasteiger partial charge < -0.3 is 14.2 Å². The molecule has 0 bridgehead atoms. The van der Waals surface area contributed by atoms with Gasteiger partial charge in [-0.15, -0.1) is 0 Å². The highest BCUT2D eigenvalue weighted by Crippen LogP contribution is 2.39. The molecule has 0 fully saturated rings. The summed E-state index contributed by atoms with van der Waals surface area (Å²) in [6.45, 7) is 10.9. The Balaban J connectivity index is 1.77. The van der Waals surface area contributed by atoms with Gasteiger partial charge in [0.2, 0.25) is 0 Å². The van der Waals surface area contributed by atoms with Crippen molar-refractivity contribution < 1.29 is 21.7 Å². The third-order valence-electron chi connectivity index (χ3n) is 5.75. The predicted octanol–water partition coefficient (Wildman–Crippen LogP) is 7.31. The number of rotatable bonds is 8. The number of halogens is 2. The lowest BCUT2D eigenvalue weighted by Gasteiger charge is -2.34. The highest BCUT2D eigenvalue weighted by molar-refractivity contribution is 9.10. The number of hydrogen-bond donors (Lipinski definition) is 1. The molecule has 202 valence electrons. The number of imidazole rings is 1. The van der Waals surface area contributed by atoms with Crippen molar-refractivity contribution in [1.29, 1.82) is 0 Å². The van der Waals surface area contributed by atoms with Gasteiger partial charge in [0.25, 0.3) is 0 Å². The van der Waals surface area contributed by atoms with E-state index in [-0.39, 0.29) is 27.3 Å². The van der Waals surface area contributed by atoms with Crippen LogP contribution in [0.25, 0.3) is 16.9 Å². The molecule has 0 aliphatic rings. The van der Waals surface area contributed by atoms with Crippen LogP contribution in [-0.2, 0) is 10.1 Å². The Morgan fingerprint density at radius 1 is 1.00 bits per heavy atom. The Labute approximate surface area is 231 Å². The van der Waals surface area contributed by atoms with E-state index in [4.69, 9.17) is 13.9 Å². The molecule has 0 saturated carbocycles. The largest absolute Gasteiger partial charge is 0.493 e. The smallest absolute Gasteiger partial charge is 0.339 e. The lowest BCUT2D eigenvalue weighted by molar-refractivity contribution is 0.302. The van der Waals surface area contributed by atoms with Gasteiger partial charge in [-0.2, -0.15) is 8.42 Å². The van der Waals surface area contributed by atoms with Crippen LogP contribution >= 0.6 is 15.9 Å². The van der Waals surface area contributed by atoms with Crippen molar-refractivity contribution in [1.82, 2.24) is 9.38 Å². The van der Waals surface area contributed by atoms with Crippen molar-refractivity contribution in [3.8, 4) is 22.8 Å². The predicted molar refractivity (Wildman–Crippen MR) is 151 cm³/mol. The summed E-state index contributed by atoms with van der Waals surface area (Å²) in [5.74, 6) is 0.478. The number of anilines is 1. The summed E-state index contributed by atoms with van der Waals surface area (Å²) < 4.78 is 52.6. The van der Waals surface area contributed by atoms with Gasteiger partial charge in [-0.25, -0.2) is 9.37 Å². The molecule has 0 radical (unpaired) electrons. The fraction of sp³-hybridized carbons (Fsp3) is 0.321. The number of hydrogen-bond acceptors (Lipinski definition) is 6. The first kappa shape index (κ1) is 27.9. The highest BCUT2D eigenvalue weighted by atomic mass is 79.9. The van der Waals surface area contributed by atoms with E-state index in [0.29, 0.717) is 11.3 Å². The zero-order valence-corrected chi connectivity index (χ0v) is 24.6. The van der Waals surface area contributed by atoms with Crippen molar-refractivity contribution in [2.24, 2.45) is 5.41 Å². The van der Waals surface area contributed by atoms with Crippen molar-refractivity contribution >= 4 is 37.5 Å². The summed E-state index contributed by atoms with van der Waals surface area (Å²) >= 11 is 3.55. The Morgan fingerprint density at radius 2 is 1.68 bits per heavy atom. The zero-order chi connectivity index (χ0) is 27.9. The van der Waals surface area contributed by atoms with E-state index in [9.17, 15) is 12.8 Å². The van der Waals surface area contributed by atoms with Crippen LogP contribution in [0, 0.1) is 11.2 Å². The van der Waals surface area contributed by atoms with Crippen molar-refractivity contribution in [2.45, 2.75) is 51.5 Å². The first-order valence-corrected chi connectivity index (χ1v) is 14.2. The van der Waals surface area contributed by atoms with Gasteiger partial charge >= 0.3 is 10.1 Å². The van der Waals surface area contributed by atoms with E-state index in [2.05, 4.69) is 55.9 Å². The van der Waals surface area contributed by atoms with Gasteiger partial charge in [0.1, 0.15) is 27.9 Å². The molecule has 4 rings (SSSR count). The van der Waals surface area contributed by atoms with E-state index in [1.807, 2.05) is 22.7 Å². The number of fused-ring (bicyclic) bond motifs is 1. The van der Waals surface area contributed by atoms with Crippen LogP contribution < -0.4 is 14.2 Å². The minimum Gasteiger partial charge on any atom is -0.493 e. The molecular weight excluding hydrogens is 573 g/mol. The maximum atomic E-state index is 13.3. The van der Waals surface area contributed by atoms with E-state index in [0.717, 1.165) is 46.6 Å². The third-order valence-corrected chi connectivity index (χ3v) is 7.47. The SMILES string of the molecule is COc1cc(-c2nc3ccc(Br)cn3c2NC(C)(C)CC(C)(C)C)ccc1OS(=O)(=O)c1ccc(F)cc1. The summed E-state index contributed by atoms with van der Waals surface area (Å²) in [7, 11) is -2.77. The molecule has 38 heavy (non-hydrogen) atoms. The summed E-state index contributed by atoms with van der Waals surface area (Å²) in [4.78, 5) is 4.71. The number of pyridine rings is 1. The summed E-state index contributed by atoms with van der Waals surface area (Å²) in [5.41, 5.74) is 1.96. The van der Waals surface area contributed by atoms with E-state index in [1.165, 1.54) is 13.2 Å². The fourth-order valence-electron chi connectivity index (χ4n) is 4.68. The van der Waals surface area contributed by atoms with Gasteiger partial charge in [0.05, 0.1) is 7.11 Å². The fourth-order valence-corrected chi connectivity index (χ4v) is 5.96. The molecule has 1 N–H and O–H groups in total. The number of benzene rings is 2. The Hall–Kier alpha value is -3.11. The second-order valence-electron chi connectivity index (χ2n) is 11.0. The normalized spacial score (nSPS) is 12.5. The molecule has 2 heterocycles. The van der Waals surface area contributed by atoms with Gasteiger partial charge in [0, 0.05) is 21.8 Å². The maximum Gasteiger partial charge on any atom is 0.339 e. The molecule has 0 unspecified atom stereocenters. The number of nitrogens with one attached hydrogen (secondary N) is 1. The molecule has 0 saturated heterocycles. The van der Waals surface area contributed by atoms with E-state index >= 15 is 0 Å². The molecule has 4 aromatic rings.